The molecule has 2 amide bonds. The molecular weight excluding hydrogens is 240 g/mol. The van der Waals surface area contributed by atoms with Gasteiger partial charge in [-0.05, 0) is 25.7 Å². The minimum atomic E-state index is -0.361. The molecule has 0 aliphatic carbocycles. The van der Waals surface area contributed by atoms with Crippen molar-refractivity contribution in [3.8, 4) is 0 Å². The van der Waals surface area contributed by atoms with Gasteiger partial charge in [0.05, 0.1) is 0 Å². The third-order valence-electron chi connectivity index (χ3n) is 4.34. The van der Waals surface area contributed by atoms with Gasteiger partial charge in [-0.1, -0.05) is 40.5 Å². The highest BCUT2D eigenvalue weighted by Crippen LogP contribution is 2.25. The summed E-state index contributed by atoms with van der Waals surface area (Å²) in [6.45, 7) is 12.1. The van der Waals surface area contributed by atoms with Crippen LogP contribution < -0.4 is 5.32 Å². The summed E-state index contributed by atoms with van der Waals surface area (Å²) in [6.07, 6.45) is 1.78. The Labute approximate surface area is 116 Å². The van der Waals surface area contributed by atoms with E-state index in [1.54, 1.807) is 4.90 Å². The monoisotopic (exact) mass is 268 g/mol. The fourth-order valence-corrected chi connectivity index (χ4v) is 2.68. The highest BCUT2D eigenvalue weighted by atomic mass is 16.2. The van der Waals surface area contributed by atoms with Gasteiger partial charge in [0.2, 0.25) is 11.8 Å². The van der Waals surface area contributed by atoms with E-state index in [1.165, 1.54) is 0 Å². The van der Waals surface area contributed by atoms with E-state index in [0.717, 1.165) is 12.8 Å². The lowest BCUT2D eigenvalue weighted by Crippen LogP contribution is -2.67. The molecule has 4 atom stereocenters. The van der Waals surface area contributed by atoms with Crippen molar-refractivity contribution in [3.05, 3.63) is 0 Å². The number of nitrogens with one attached hydrogen (secondary N) is 1. The van der Waals surface area contributed by atoms with Crippen molar-refractivity contribution < 1.29 is 9.59 Å². The lowest BCUT2D eigenvalue weighted by Gasteiger charge is -2.45. The zero-order valence-electron chi connectivity index (χ0n) is 13.1. The number of carbonyl (C=O) groups is 2. The molecule has 0 bridgehead atoms. The summed E-state index contributed by atoms with van der Waals surface area (Å²) in [5.74, 6) is 0.446. The van der Waals surface area contributed by atoms with Gasteiger partial charge in [0.1, 0.15) is 12.1 Å². The Balaban J connectivity index is 3.06. The van der Waals surface area contributed by atoms with Gasteiger partial charge < -0.3 is 10.2 Å². The van der Waals surface area contributed by atoms with Crippen LogP contribution in [0.25, 0.3) is 0 Å². The van der Waals surface area contributed by atoms with Gasteiger partial charge >= 0.3 is 0 Å². The third kappa shape index (κ3) is 3.10. The maximum Gasteiger partial charge on any atom is 0.246 e. The zero-order valence-corrected chi connectivity index (χ0v) is 13.1. The summed E-state index contributed by atoms with van der Waals surface area (Å²) in [5.41, 5.74) is 0. The van der Waals surface area contributed by atoms with E-state index in [1.807, 2.05) is 34.6 Å². The molecule has 0 spiro atoms. The van der Waals surface area contributed by atoms with Crippen LogP contribution in [0.2, 0.25) is 0 Å². The molecule has 4 unspecified atom stereocenters. The molecule has 0 aromatic heterocycles. The maximum absolute atomic E-state index is 12.7. The number of carbonyl (C=O) groups excluding carboxylic acids is 2. The highest BCUT2D eigenvalue weighted by Gasteiger charge is 2.44. The summed E-state index contributed by atoms with van der Waals surface area (Å²) in [6, 6.07) is -0.623. The molecule has 1 aliphatic heterocycles. The molecule has 4 nitrogen and oxygen atoms in total. The SMILES string of the molecule is CCC(C)C1NC(=O)C(C(C)CC)N(C(C)C)C1=O. The van der Waals surface area contributed by atoms with Gasteiger partial charge in [0.25, 0.3) is 0 Å². The number of hydrogen-bond donors (Lipinski definition) is 1. The van der Waals surface area contributed by atoms with E-state index >= 15 is 0 Å². The lowest BCUT2D eigenvalue weighted by molar-refractivity contribution is -0.155. The number of nitrogens with zero attached hydrogens (tertiary/aromatic N) is 1. The van der Waals surface area contributed by atoms with Crippen LogP contribution in [0.1, 0.15) is 54.4 Å². The van der Waals surface area contributed by atoms with Crippen molar-refractivity contribution in [2.75, 3.05) is 0 Å². The van der Waals surface area contributed by atoms with Crippen LogP contribution in [0.4, 0.5) is 0 Å². The molecule has 0 radical (unpaired) electrons. The summed E-state index contributed by atoms with van der Waals surface area (Å²) in [5, 5.41) is 2.94. The first-order valence-corrected chi connectivity index (χ1v) is 7.47. The van der Waals surface area contributed by atoms with Gasteiger partial charge in [0.15, 0.2) is 0 Å². The Morgan fingerprint density at radius 2 is 1.58 bits per heavy atom. The topological polar surface area (TPSA) is 49.4 Å². The van der Waals surface area contributed by atoms with Crippen molar-refractivity contribution in [2.45, 2.75) is 72.5 Å². The molecule has 1 aliphatic rings. The largest absolute Gasteiger partial charge is 0.342 e. The van der Waals surface area contributed by atoms with Crippen LogP contribution in [-0.2, 0) is 9.59 Å². The Bertz CT molecular complexity index is 341. The van der Waals surface area contributed by atoms with E-state index in [4.69, 9.17) is 0 Å². The predicted octanol–water partition coefficient (Wildman–Crippen LogP) is 2.18. The van der Waals surface area contributed by atoms with Gasteiger partial charge in [-0.2, -0.15) is 0 Å². The van der Waals surface area contributed by atoms with Crippen LogP contribution in [-0.4, -0.2) is 34.8 Å². The molecule has 1 rings (SSSR count). The van der Waals surface area contributed by atoms with E-state index in [2.05, 4.69) is 12.2 Å². The lowest BCUT2D eigenvalue weighted by atomic mass is 9.88. The average molecular weight is 268 g/mol. The Kier molecular flexibility index (Phi) is 5.39. The van der Waals surface area contributed by atoms with Crippen LogP contribution in [0.5, 0.6) is 0 Å². The minimum Gasteiger partial charge on any atom is -0.342 e. The molecule has 1 N–H and O–H groups in total. The molecule has 0 aromatic carbocycles. The molecule has 0 saturated carbocycles. The third-order valence-corrected chi connectivity index (χ3v) is 4.34. The van der Waals surface area contributed by atoms with Gasteiger partial charge in [0, 0.05) is 6.04 Å². The maximum atomic E-state index is 12.7. The van der Waals surface area contributed by atoms with Crippen molar-refractivity contribution in [1.29, 1.82) is 0 Å². The number of hydrogen-bond acceptors (Lipinski definition) is 2. The molecule has 19 heavy (non-hydrogen) atoms. The normalized spacial score (nSPS) is 27.4. The van der Waals surface area contributed by atoms with Gasteiger partial charge in [-0.3, -0.25) is 9.59 Å². The Hall–Kier alpha value is -1.06. The molecule has 0 aromatic rings. The smallest absolute Gasteiger partial charge is 0.246 e. The fraction of sp³-hybridized carbons (Fsp3) is 0.867. The molecule has 1 saturated heterocycles. The van der Waals surface area contributed by atoms with Crippen molar-refractivity contribution in [3.63, 3.8) is 0 Å². The van der Waals surface area contributed by atoms with Crippen LogP contribution in [0, 0.1) is 11.8 Å². The van der Waals surface area contributed by atoms with E-state index in [0.29, 0.717) is 0 Å². The highest BCUT2D eigenvalue weighted by molar-refractivity contribution is 5.97. The Morgan fingerprint density at radius 3 is 2.00 bits per heavy atom. The molecular formula is C15H28N2O2. The van der Waals surface area contributed by atoms with Crippen molar-refractivity contribution >= 4 is 11.8 Å². The van der Waals surface area contributed by atoms with Gasteiger partial charge in [-0.25, -0.2) is 0 Å². The first-order chi connectivity index (χ1) is 8.84. The minimum absolute atomic E-state index is 0.00736. The van der Waals surface area contributed by atoms with E-state index in [-0.39, 0.29) is 41.8 Å². The standard InChI is InChI=1S/C15H28N2O2/c1-7-10(5)12-15(19)17(9(3)4)13(11(6)8-2)14(18)16-12/h9-13H,7-8H2,1-6H3,(H,16,18). The number of amides is 2. The molecule has 1 heterocycles. The number of piperazine rings is 1. The van der Waals surface area contributed by atoms with Crippen molar-refractivity contribution in [1.82, 2.24) is 10.2 Å². The number of rotatable bonds is 5. The van der Waals surface area contributed by atoms with Crippen LogP contribution in [0.3, 0.4) is 0 Å². The summed E-state index contributed by atoms with van der Waals surface area (Å²) < 4.78 is 0. The second-order valence-corrected chi connectivity index (χ2v) is 6.04. The summed E-state index contributed by atoms with van der Waals surface area (Å²) >= 11 is 0. The first kappa shape index (κ1) is 16.0. The quantitative estimate of drug-likeness (QED) is 0.831. The molecule has 110 valence electrons. The summed E-state index contributed by atoms with van der Waals surface area (Å²) in [4.78, 5) is 26.8. The van der Waals surface area contributed by atoms with Gasteiger partial charge in [-0.15, -0.1) is 0 Å². The Morgan fingerprint density at radius 1 is 1.05 bits per heavy atom. The average Bonchev–Trinajstić information content (AvgIpc) is 2.38. The second kappa shape index (κ2) is 6.40. The zero-order chi connectivity index (χ0) is 14.7. The predicted molar refractivity (Wildman–Crippen MR) is 76.6 cm³/mol. The van der Waals surface area contributed by atoms with E-state index in [9.17, 15) is 9.59 Å². The first-order valence-electron chi connectivity index (χ1n) is 7.47. The van der Waals surface area contributed by atoms with Crippen molar-refractivity contribution in [2.24, 2.45) is 11.8 Å². The van der Waals surface area contributed by atoms with E-state index < -0.39 is 0 Å². The van der Waals surface area contributed by atoms with Crippen LogP contribution in [0.15, 0.2) is 0 Å². The fourth-order valence-electron chi connectivity index (χ4n) is 2.68. The second-order valence-electron chi connectivity index (χ2n) is 6.04. The summed E-state index contributed by atoms with van der Waals surface area (Å²) in [7, 11) is 0. The molecule has 4 heteroatoms. The van der Waals surface area contributed by atoms with Crippen LogP contribution >= 0.6 is 0 Å². The molecule has 1 fully saturated rings.